The summed E-state index contributed by atoms with van der Waals surface area (Å²) in [7, 11) is 2.03. The highest BCUT2D eigenvalue weighted by Crippen LogP contribution is 2.19. The van der Waals surface area contributed by atoms with Gasteiger partial charge in [-0.15, -0.1) is 0 Å². The summed E-state index contributed by atoms with van der Waals surface area (Å²) < 4.78 is 2.06. The number of hydrogen-bond acceptors (Lipinski definition) is 2. The normalized spacial score (nSPS) is 10.8. The molecule has 0 saturated heterocycles. The second-order valence-corrected chi connectivity index (χ2v) is 5.85. The lowest BCUT2D eigenvalue weighted by Crippen LogP contribution is -2.33. The van der Waals surface area contributed by atoms with E-state index in [1.165, 1.54) is 0 Å². The topological polar surface area (TPSA) is 37.3 Å². The average Bonchev–Trinajstić information content (AvgIpc) is 3.01. The first-order valence-electron chi connectivity index (χ1n) is 8.33. The molecule has 0 atom stereocenters. The minimum atomic E-state index is -0.0190. The molecule has 1 amide bonds. The minimum Gasteiger partial charge on any atom is -0.373 e. The third-order valence-corrected chi connectivity index (χ3v) is 4.29. The molecule has 0 aliphatic heterocycles. The number of carbonyl (C=O) groups excluding carboxylic acids is 1. The molecule has 24 heavy (non-hydrogen) atoms. The zero-order valence-corrected chi connectivity index (χ0v) is 14.2. The van der Waals surface area contributed by atoms with Crippen molar-refractivity contribution in [2.75, 3.05) is 25.0 Å². The number of aromatic nitrogens is 1. The highest BCUT2D eigenvalue weighted by atomic mass is 16.1. The van der Waals surface area contributed by atoms with Crippen molar-refractivity contribution in [3.63, 3.8) is 0 Å². The van der Waals surface area contributed by atoms with Crippen LogP contribution in [0.1, 0.15) is 17.4 Å². The average molecular weight is 321 g/mol. The van der Waals surface area contributed by atoms with E-state index in [9.17, 15) is 4.79 Å². The van der Waals surface area contributed by atoms with Crippen molar-refractivity contribution < 1.29 is 4.79 Å². The Kier molecular flexibility index (Phi) is 4.85. The monoisotopic (exact) mass is 321 g/mol. The van der Waals surface area contributed by atoms with Gasteiger partial charge in [0.1, 0.15) is 5.69 Å². The number of hydrogen-bond donors (Lipinski definition) is 1. The molecule has 1 N–H and O–H groups in total. The van der Waals surface area contributed by atoms with Crippen molar-refractivity contribution >= 4 is 22.5 Å². The molecule has 4 nitrogen and oxygen atoms in total. The van der Waals surface area contributed by atoms with Crippen LogP contribution in [0.2, 0.25) is 0 Å². The largest absolute Gasteiger partial charge is 0.373 e. The predicted octanol–water partition coefficient (Wildman–Crippen LogP) is 3.53. The first-order chi connectivity index (χ1) is 11.7. The fourth-order valence-corrected chi connectivity index (χ4v) is 2.98. The predicted molar refractivity (Wildman–Crippen MR) is 99.7 cm³/mol. The zero-order valence-electron chi connectivity index (χ0n) is 14.2. The number of fused-ring (bicyclic) bond motifs is 1. The van der Waals surface area contributed by atoms with E-state index in [-0.39, 0.29) is 5.91 Å². The van der Waals surface area contributed by atoms with Gasteiger partial charge in [0, 0.05) is 43.3 Å². The quantitative estimate of drug-likeness (QED) is 0.754. The lowest BCUT2D eigenvalue weighted by Gasteiger charge is -2.19. The fraction of sp³-hybridized carbons (Fsp3) is 0.250. The summed E-state index contributed by atoms with van der Waals surface area (Å²) in [5, 5.41) is 4.14. The van der Waals surface area contributed by atoms with Crippen LogP contribution in [0.3, 0.4) is 0 Å². The molecular formula is C20H23N3O. The van der Waals surface area contributed by atoms with Crippen LogP contribution in [0.4, 0.5) is 5.69 Å². The molecular weight excluding hydrogens is 298 g/mol. The first kappa shape index (κ1) is 16.1. The van der Waals surface area contributed by atoms with E-state index >= 15 is 0 Å². The van der Waals surface area contributed by atoms with Gasteiger partial charge in [0.25, 0.3) is 5.91 Å². The van der Waals surface area contributed by atoms with Crippen LogP contribution in [0.15, 0.2) is 60.7 Å². The van der Waals surface area contributed by atoms with Crippen molar-refractivity contribution in [2.45, 2.75) is 13.5 Å². The molecule has 0 saturated carbocycles. The standard InChI is InChI=1S/C20H23N3O/c1-3-23-18-12-8-7-9-16(18)15-19(23)20(24)21-13-14-22(2)17-10-5-4-6-11-17/h4-12,15H,3,13-14H2,1-2H3,(H,21,24). The number of nitrogens with one attached hydrogen (secondary N) is 1. The van der Waals surface area contributed by atoms with E-state index in [1.54, 1.807) is 0 Å². The molecule has 3 aromatic rings. The SMILES string of the molecule is CCn1c(C(=O)NCCN(C)c2ccccc2)cc2ccccc21. The van der Waals surface area contributed by atoms with E-state index in [0.717, 1.165) is 35.4 Å². The maximum atomic E-state index is 12.6. The van der Waals surface area contributed by atoms with Crippen LogP contribution in [0.25, 0.3) is 10.9 Å². The number of amides is 1. The van der Waals surface area contributed by atoms with E-state index in [1.807, 2.05) is 49.5 Å². The van der Waals surface area contributed by atoms with Crippen LogP contribution >= 0.6 is 0 Å². The van der Waals surface area contributed by atoms with Gasteiger partial charge in [0.2, 0.25) is 0 Å². The molecule has 0 bridgehead atoms. The van der Waals surface area contributed by atoms with Crippen LogP contribution in [0.5, 0.6) is 0 Å². The summed E-state index contributed by atoms with van der Waals surface area (Å²) in [5.74, 6) is -0.0190. The zero-order chi connectivity index (χ0) is 16.9. The maximum absolute atomic E-state index is 12.6. The van der Waals surface area contributed by atoms with E-state index < -0.39 is 0 Å². The van der Waals surface area contributed by atoms with E-state index in [2.05, 4.69) is 39.9 Å². The highest BCUT2D eigenvalue weighted by molar-refractivity contribution is 5.98. The van der Waals surface area contributed by atoms with Gasteiger partial charge in [-0.25, -0.2) is 0 Å². The third kappa shape index (κ3) is 3.27. The van der Waals surface area contributed by atoms with Crippen LogP contribution in [0, 0.1) is 0 Å². The molecule has 3 rings (SSSR count). The molecule has 4 heteroatoms. The molecule has 0 unspecified atom stereocenters. The Balaban J connectivity index is 1.65. The van der Waals surface area contributed by atoms with Gasteiger partial charge >= 0.3 is 0 Å². The van der Waals surface area contributed by atoms with Gasteiger partial charge in [-0.1, -0.05) is 36.4 Å². The molecule has 1 aromatic heterocycles. The van der Waals surface area contributed by atoms with Gasteiger partial charge in [0.15, 0.2) is 0 Å². The summed E-state index contributed by atoms with van der Waals surface area (Å²) in [6.45, 7) is 4.21. The first-order valence-corrected chi connectivity index (χ1v) is 8.33. The number of likely N-dealkylation sites (N-methyl/N-ethyl adjacent to an activating group) is 1. The number of rotatable bonds is 6. The van der Waals surface area contributed by atoms with Crippen LogP contribution < -0.4 is 10.2 Å². The minimum absolute atomic E-state index is 0.0190. The Morgan fingerprint density at radius 1 is 1.08 bits per heavy atom. The number of carbonyl (C=O) groups is 1. The van der Waals surface area contributed by atoms with Crippen LogP contribution in [-0.2, 0) is 6.54 Å². The Bertz CT molecular complexity index is 823. The Hall–Kier alpha value is -2.75. The number of aryl methyl sites for hydroxylation is 1. The molecule has 0 aliphatic carbocycles. The summed E-state index contributed by atoms with van der Waals surface area (Å²) in [5.41, 5.74) is 2.97. The molecule has 0 aliphatic rings. The Morgan fingerprint density at radius 3 is 2.54 bits per heavy atom. The highest BCUT2D eigenvalue weighted by Gasteiger charge is 2.14. The number of anilines is 1. The maximum Gasteiger partial charge on any atom is 0.268 e. The molecule has 0 fully saturated rings. The van der Waals surface area contributed by atoms with Crippen molar-refractivity contribution in [1.82, 2.24) is 9.88 Å². The fourth-order valence-electron chi connectivity index (χ4n) is 2.98. The molecule has 0 radical (unpaired) electrons. The summed E-state index contributed by atoms with van der Waals surface area (Å²) in [6, 6.07) is 20.2. The summed E-state index contributed by atoms with van der Waals surface area (Å²) >= 11 is 0. The van der Waals surface area contributed by atoms with Crippen molar-refractivity contribution in [3.05, 3.63) is 66.4 Å². The van der Waals surface area contributed by atoms with E-state index in [0.29, 0.717) is 6.54 Å². The third-order valence-electron chi connectivity index (χ3n) is 4.29. The second-order valence-electron chi connectivity index (χ2n) is 5.85. The molecule has 124 valence electrons. The molecule has 0 spiro atoms. The van der Waals surface area contributed by atoms with Gasteiger partial charge < -0.3 is 14.8 Å². The Morgan fingerprint density at radius 2 is 1.79 bits per heavy atom. The number of para-hydroxylation sites is 2. The lowest BCUT2D eigenvalue weighted by atomic mass is 10.2. The summed E-state index contributed by atoms with van der Waals surface area (Å²) in [4.78, 5) is 14.7. The van der Waals surface area contributed by atoms with Crippen LogP contribution in [-0.4, -0.2) is 30.6 Å². The van der Waals surface area contributed by atoms with Crippen molar-refractivity contribution in [3.8, 4) is 0 Å². The Labute approximate surface area is 142 Å². The summed E-state index contributed by atoms with van der Waals surface area (Å²) in [6.07, 6.45) is 0. The van der Waals surface area contributed by atoms with Crippen molar-refractivity contribution in [2.24, 2.45) is 0 Å². The van der Waals surface area contributed by atoms with Gasteiger partial charge in [-0.05, 0) is 31.2 Å². The van der Waals surface area contributed by atoms with Gasteiger partial charge in [0.05, 0.1) is 0 Å². The van der Waals surface area contributed by atoms with Gasteiger partial charge in [-0.3, -0.25) is 4.79 Å². The second kappa shape index (κ2) is 7.21. The van der Waals surface area contributed by atoms with Crippen molar-refractivity contribution in [1.29, 1.82) is 0 Å². The lowest BCUT2D eigenvalue weighted by molar-refractivity contribution is 0.0946. The smallest absolute Gasteiger partial charge is 0.268 e. The molecule has 1 heterocycles. The van der Waals surface area contributed by atoms with E-state index in [4.69, 9.17) is 0 Å². The van der Waals surface area contributed by atoms with Gasteiger partial charge in [-0.2, -0.15) is 0 Å². The molecule has 2 aromatic carbocycles. The number of nitrogens with zero attached hydrogens (tertiary/aromatic N) is 2. The number of benzene rings is 2.